The molecule has 1 atom stereocenters. The molecule has 0 unspecified atom stereocenters. The zero-order valence-corrected chi connectivity index (χ0v) is 14.7. The van der Waals surface area contributed by atoms with E-state index in [1.54, 1.807) is 17.1 Å². The predicted octanol–water partition coefficient (Wildman–Crippen LogP) is 3.30. The van der Waals surface area contributed by atoms with Gasteiger partial charge >= 0.3 is 0 Å². The van der Waals surface area contributed by atoms with Gasteiger partial charge in [0, 0.05) is 6.42 Å². The van der Waals surface area contributed by atoms with Crippen LogP contribution < -0.4 is 10.1 Å². The largest absolute Gasteiger partial charge is 0.494 e. The zero-order valence-electron chi connectivity index (χ0n) is 14.7. The van der Waals surface area contributed by atoms with Gasteiger partial charge in [-0.15, -0.1) is 5.10 Å². The summed E-state index contributed by atoms with van der Waals surface area (Å²) in [6, 6.07) is 17.5. The van der Waals surface area contributed by atoms with E-state index in [1.807, 2.05) is 61.5 Å². The maximum atomic E-state index is 12.1. The maximum absolute atomic E-state index is 12.1. The van der Waals surface area contributed by atoms with Crippen LogP contribution in [0.15, 0.2) is 67.0 Å². The molecule has 0 aliphatic rings. The lowest BCUT2D eigenvalue weighted by atomic mass is 10.1. The average Bonchev–Trinajstić information content (AvgIpc) is 3.21. The van der Waals surface area contributed by atoms with Gasteiger partial charge in [-0.25, -0.2) is 4.68 Å². The first kappa shape index (κ1) is 17.7. The number of para-hydroxylation sites is 1. The van der Waals surface area contributed by atoms with Gasteiger partial charge in [-0.1, -0.05) is 35.5 Å². The van der Waals surface area contributed by atoms with E-state index in [-0.39, 0.29) is 11.9 Å². The number of amides is 1. The topological polar surface area (TPSA) is 69.0 Å². The Morgan fingerprint density at radius 2 is 1.92 bits per heavy atom. The molecule has 6 heteroatoms. The molecule has 3 rings (SSSR count). The number of carbonyl (C=O) groups excluding carboxylic acids is 1. The third-order valence-electron chi connectivity index (χ3n) is 4.02. The molecular formula is C20H22N4O2. The van der Waals surface area contributed by atoms with Gasteiger partial charge in [0.2, 0.25) is 5.91 Å². The monoisotopic (exact) mass is 350 g/mol. The van der Waals surface area contributed by atoms with Gasteiger partial charge in [-0.2, -0.15) is 0 Å². The predicted molar refractivity (Wildman–Crippen MR) is 99.1 cm³/mol. The molecule has 1 aromatic heterocycles. The summed E-state index contributed by atoms with van der Waals surface area (Å²) in [5, 5.41) is 10.8. The van der Waals surface area contributed by atoms with E-state index in [4.69, 9.17) is 4.74 Å². The second kappa shape index (κ2) is 8.80. The highest BCUT2D eigenvalue weighted by Gasteiger charge is 2.10. The van der Waals surface area contributed by atoms with E-state index in [9.17, 15) is 4.79 Å². The van der Waals surface area contributed by atoms with Crippen molar-refractivity contribution in [3.63, 3.8) is 0 Å². The van der Waals surface area contributed by atoms with Gasteiger partial charge in [0.15, 0.2) is 0 Å². The van der Waals surface area contributed by atoms with Crippen LogP contribution in [0.25, 0.3) is 5.69 Å². The molecule has 134 valence electrons. The van der Waals surface area contributed by atoms with Gasteiger partial charge in [0.25, 0.3) is 0 Å². The number of hydrogen-bond acceptors (Lipinski definition) is 4. The third kappa shape index (κ3) is 4.92. The fourth-order valence-corrected chi connectivity index (χ4v) is 2.60. The van der Waals surface area contributed by atoms with Crippen LogP contribution in [-0.4, -0.2) is 27.5 Å². The summed E-state index contributed by atoms with van der Waals surface area (Å²) in [7, 11) is 0. The molecule has 0 bridgehead atoms. The first-order chi connectivity index (χ1) is 12.7. The Morgan fingerprint density at radius 1 is 1.15 bits per heavy atom. The number of aromatic nitrogens is 3. The molecule has 6 nitrogen and oxygen atoms in total. The molecule has 0 aliphatic heterocycles. The molecule has 3 aromatic rings. The molecule has 2 aromatic carbocycles. The summed E-state index contributed by atoms with van der Waals surface area (Å²) >= 11 is 0. The zero-order chi connectivity index (χ0) is 18.2. The first-order valence-electron chi connectivity index (χ1n) is 8.66. The SMILES string of the molecule is C[C@@H](NC(=O)CCCOc1ccccc1)c1ccc(-n2ccnn2)cc1. The van der Waals surface area contributed by atoms with Crippen molar-refractivity contribution in [3.8, 4) is 11.4 Å². The van der Waals surface area contributed by atoms with Gasteiger partial charge in [-0.3, -0.25) is 4.79 Å². The number of nitrogens with zero attached hydrogens (tertiary/aromatic N) is 3. The minimum atomic E-state index is -0.0534. The standard InChI is InChI=1S/C20H22N4O2/c1-16(17-9-11-18(12-10-17)24-14-13-21-23-24)22-20(25)8-5-15-26-19-6-3-2-4-7-19/h2-4,6-7,9-14,16H,5,8,15H2,1H3,(H,22,25)/t16-/m1/s1. The van der Waals surface area contributed by atoms with Gasteiger partial charge in [0.1, 0.15) is 5.75 Å². The van der Waals surface area contributed by atoms with E-state index in [1.165, 1.54) is 0 Å². The fraction of sp³-hybridized carbons (Fsp3) is 0.250. The second-order valence-corrected chi connectivity index (χ2v) is 5.99. The number of carbonyl (C=O) groups is 1. The summed E-state index contributed by atoms with van der Waals surface area (Å²) in [5.41, 5.74) is 1.98. The van der Waals surface area contributed by atoms with Crippen LogP contribution >= 0.6 is 0 Å². The first-order valence-corrected chi connectivity index (χ1v) is 8.66. The Morgan fingerprint density at radius 3 is 2.62 bits per heavy atom. The Hall–Kier alpha value is -3.15. The van der Waals surface area contributed by atoms with Crippen molar-refractivity contribution in [2.45, 2.75) is 25.8 Å². The van der Waals surface area contributed by atoms with Crippen molar-refractivity contribution in [3.05, 3.63) is 72.6 Å². The van der Waals surface area contributed by atoms with Crippen molar-refractivity contribution in [2.75, 3.05) is 6.61 Å². The summed E-state index contributed by atoms with van der Waals surface area (Å²) in [6.45, 7) is 2.50. The minimum Gasteiger partial charge on any atom is -0.494 e. The lowest BCUT2D eigenvalue weighted by Crippen LogP contribution is -2.26. The normalized spacial score (nSPS) is 11.7. The Balaban J connectivity index is 1.42. The van der Waals surface area contributed by atoms with Crippen molar-refractivity contribution in [1.82, 2.24) is 20.3 Å². The van der Waals surface area contributed by atoms with Gasteiger partial charge in [0.05, 0.1) is 30.7 Å². The molecule has 1 amide bonds. The maximum Gasteiger partial charge on any atom is 0.220 e. The highest BCUT2D eigenvalue weighted by atomic mass is 16.5. The molecule has 0 saturated carbocycles. The van der Waals surface area contributed by atoms with Crippen molar-refractivity contribution >= 4 is 5.91 Å². The third-order valence-corrected chi connectivity index (χ3v) is 4.02. The molecule has 0 radical (unpaired) electrons. The minimum absolute atomic E-state index is 0.0227. The van der Waals surface area contributed by atoms with Gasteiger partial charge < -0.3 is 10.1 Å². The lowest BCUT2D eigenvalue weighted by Gasteiger charge is -2.15. The molecule has 26 heavy (non-hydrogen) atoms. The highest BCUT2D eigenvalue weighted by molar-refractivity contribution is 5.76. The van der Waals surface area contributed by atoms with E-state index in [0.29, 0.717) is 19.4 Å². The van der Waals surface area contributed by atoms with E-state index in [0.717, 1.165) is 17.0 Å². The van der Waals surface area contributed by atoms with Crippen LogP contribution in [0.4, 0.5) is 0 Å². The molecule has 0 spiro atoms. The van der Waals surface area contributed by atoms with Crippen LogP contribution in [-0.2, 0) is 4.79 Å². The van der Waals surface area contributed by atoms with Crippen LogP contribution in [0.3, 0.4) is 0 Å². The highest BCUT2D eigenvalue weighted by Crippen LogP contribution is 2.15. The Kier molecular flexibility index (Phi) is 5.98. The average molecular weight is 350 g/mol. The Bertz CT molecular complexity index is 802. The van der Waals surface area contributed by atoms with Gasteiger partial charge in [-0.05, 0) is 43.2 Å². The number of nitrogens with one attached hydrogen (secondary N) is 1. The summed E-state index contributed by atoms with van der Waals surface area (Å²) in [5.74, 6) is 0.850. The fourth-order valence-electron chi connectivity index (χ4n) is 2.60. The lowest BCUT2D eigenvalue weighted by molar-refractivity contribution is -0.121. The number of ether oxygens (including phenoxy) is 1. The number of benzene rings is 2. The van der Waals surface area contributed by atoms with E-state index >= 15 is 0 Å². The van der Waals surface area contributed by atoms with Crippen molar-refractivity contribution in [1.29, 1.82) is 0 Å². The van der Waals surface area contributed by atoms with Crippen LogP contribution in [0.5, 0.6) is 5.75 Å². The second-order valence-electron chi connectivity index (χ2n) is 5.99. The molecule has 0 aliphatic carbocycles. The smallest absolute Gasteiger partial charge is 0.220 e. The summed E-state index contributed by atoms with van der Waals surface area (Å²) in [6.07, 6.45) is 4.54. The number of rotatable bonds is 8. The van der Waals surface area contributed by atoms with Crippen LogP contribution in [0, 0.1) is 0 Å². The molecule has 0 saturated heterocycles. The summed E-state index contributed by atoms with van der Waals surface area (Å²) < 4.78 is 7.30. The summed E-state index contributed by atoms with van der Waals surface area (Å²) in [4.78, 5) is 12.1. The van der Waals surface area contributed by atoms with E-state index in [2.05, 4.69) is 15.6 Å². The number of hydrogen-bond donors (Lipinski definition) is 1. The van der Waals surface area contributed by atoms with Crippen LogP contribution in [0.1, 0.15) is 31.4 Å². The Labute approximate surface area is 152 Å². The molecule has 0 fully saturated rings. The quantitative estimate of drug-likeness (QED) is 0.633. The van der Waals surface area contributed by atoms with Crippen molar-refractivity contribution in [2.24, 2.45) is 0 Å². The molecular weight excluding hydrogens is 328 g/mol. The van der Waals surface area contributed by atoms with Crippen LogP contribution in [0.2, 0.25) is 0 Å². The molecule has 1 N–H and O–H groups in total. The van der Waals surface area contributed by atoms with E-state index < -0.39 is 0 Å². The molecule has 1 heterocycles. The van der Waals surface area contributed by atoms with Crippen molar-refractivity contribution < 1.29 is 9.53 Å².